The molecule has 0 unspecified atom stereocenters. The van der Waals surface area contributed by atoms with Crippen molar-refractivity contribution in [3.8, 4) is 6.07 Å². The molecular formula is C18H20N6O2. The predicted octanol–water partition coefficient (Wildman–Crippen LogP) is 1.00. The van der Waals surface area contributed by atoms with Gasteiger partial charge in [0.15, 0.2) is 11.2 Å². The first-order valence-corrected chi connectivity index (χ1v) is 8.35. The fourth-order valence-electron chi connectivity index (χ4n) is 2.92. The van der Waals surface area contributed by atoms with E-state index in [9.17, 15) is 9.59 Å². The zero-order valence-electron chi connectivity index (χ0n) is 14.8. The zero-order valence-corrected chi connectivity index (χ0v) is 14.8. The Morgan fingerprint density at radius 2 is 1.88 bits per heavy atom. The highest BCUT2D eigenvalue weighted by atomic mass is 16.2. The lowest BCUT2D eigenvalue weighted by Crippen LogP contribution is -2.37. The Hall–Kier alpha value is -3.34. The number of aromatic nitrogens is 4. The van der Waals surface area contributed by atoms with Gasteiger partial charge < -0.3 is 9.88 Å². The summed E-state index contributed by atoms with van der Waals surface area (Å²) in [4.78, 5) is 29.2. The van der Waals surface area contributed by atoms with Crippen molar-refractivity contribution in [3.63, 3.8) is 0 Å². The van der Waals surface area contributed by atoms with Crippen LogP contribution in [0.15, 0.2) is 39.9 Å². The molecule has 0 spiro atoms. The molecule has 3 aromatic rings. The first kappa shape index (κ1) is 17.5. The number of fused-ring (bicyclic) bond motifs is 1. The van der Waals surface area contributed by atoms with E-state index in [1.807, 2.05) is 30.3 Å². The molecule has 2 heterocycles. The Morgan fingerprint density at radius 3 is 2.58 bits per heavy atom. The normalized spacial score (nSPS) is 10.8. The number of aryl methyl sites for hydroxylation is 2. The fourth-order valence-corrected chi connectivity index (χ4v) is 2.92. The molecule has 0 bridgehead atoms. The molecule has 0 aliphatic heterocycles. The molecule has 0 radical (unpaired) electrons. The molecule has 134 valence electrons. The Kier molecular flexibility index (Phi) is 4.89. The summed E-state index contributed by atoms with van der Waals surface area (Å²) in [5.41, 5.74) is 0.987. The van der Waals surface area contributed by atoms with Gasteiger partial charge >= 0.3 is 5.69 Å². The topological polar surface area (TPSA) is 97.6 Å². The van der Waals surface area contributed by atoms with Crippen LogP contribution in [0.4, 0.5) is 5.95 Å². The van der Waals surface area contributed by atoms with E-state index in [1.165, 1.54) is 17.2 Å². The predicted molar refractivity (Wildman–Crippen MR) is 99.1 cm³/mol. The van der Waals surface area contributed by atoms with Gasteiger partial charge in [-0.1, -0.05) is 30.3 Å². The van der Waals surface area contributed by atoms with Crippen LogP contribution in [0, 0.1) is 11.3 Å². The molecule has 2 aromatic heterocycles. The third-order valence-corrected chi connectivity index (χ3v) is 4.33. The van der Waals surface area contributed by atoms with E-state index < -0.39 is 11.2 Å². The van der Waals surface area contributed by atoms with Crippen LogP contribution in [0.25, 0.3) is 11.2 Å². The molecule has 0 aliphatic rings. The van der Waals surface area contributed by atoms with Gasteiger partial charge in [-0.05, 0) is 12.0 Å². The second-order valence-electron chi connectivity index (χ2n) is 6.04. The van der Waals surface area contributed by atoms with E-state index in [4.69, 9.17) is 5.26 Å². The summed E-state index contributed by atoms with van der Waals surface area (Å²) in [5.74, 6) is 0.490. The molecular weight excluding hydrogens is 332 g/mol. The largest absolute Gasteiger partial charge is 0.355 e. The van der Waals surface area contributed by atoms with Crippen molar-refractivity contribution in [2.75, 3.05) is 11.9 Å². The molecule has 0 atom stereocenters. The molecule has 0 aliphatic carbocycles. The summed E-state index contributed by atoms with van der Waals surface area (Å²) in [6.45, 7) is 0.947. The fraction of sp³-hybridized carbons (Fsp3) is 0.333. The van der Waals surface area contributed by atoms with E-state index in [1.54, 1.807) is 11.6 Å². The number of imidazole rings is 1. The number of benzene rings is 1. The van der Waals surface area contributed by atoms with Gasteiger partial charge in [0.1, 0.15) is 0 Å². The summed E-state index contributed by atoms with van der Waals surface area (Å²) >= 11 is 0. The number of nitriles is 1. The minimum absolute atomic E-state index is 0.241. The highest BCUT2D eigenvalue weighted by Crippen LogP contribution is 2.16. The number of hydrogen-bond donors (Lipinski definition) is 1. The molecule has 3 rings (SSSR count). The van der Waals surface area contributed by atoms with E-state index in [-0.39, 0.29) is 6.42 Å². The zero-order chi connectivity index (χ0) is 18.7. The van der Waals surface area contributed by atoms with Gasteiger partial charge in [-0.25, -0.2) is 4.79 Å². The van der Waals surface area contributed by atoms with Crippen LogP contribution in [-0.4, -0.2) is 25.2 Å². The lowest BCUT2D eigenvalue weighted by molar-refractivity contribution is 0.692. The van der Waals surface area contributed by atoms with Crippen LogP contribution in [0.5, 0.6) is 0 Å². The quantitative estimate of drug-likeness (QED) is 0.714. The van der Waals surface area contributed by atoms with Crippen molar-refractivity contribution in [2.45, 2.75) is 19.4 Å². The van der Waals surface area contributed by atoms with Gasteiger partial charge in [-0.3, -0.25) is 13.9 Å². The highest BCUT2D eigenvalue weighted by molar-refractivity contribution is 5.74. The van der Waals surface area contributed by atoms with Crippen molar-refractivity contribution >= 4 is 17.1 Å². The first-order chi connectivity index (χ1) is 12.5. The van der Waals surface area contributed by atoms with Crippen molar-refractivity contribution in [1.29, 1.82) is 5.26 Å². The summed E-state index contributed by atoms with van der Waals surface area (Å²) in [5, 5.41) is 12.2. The highest BCUT2D eigenvalue weighted by Gasteiger charge is 2.18. The average Bonchev–Trinajstić information content (AvgIpc) is 3.02. The van der Waals surface area contributed by atoms with Gasteiger partial charge in [0.2, 0.25) is 5.95 Å². The van der Waals surface area contributed by atoms with Crippen LogP contribution < -0.4 is 16.6 Å². The van der Waals surface area contributed by atoms with Crippen LogP contribution >= 0.6 is 0 Å². The van der Waals surface area contributed by atoms with Gasteiger partial charge in [0.25, 0.3) is 5.56 Å². The molecule has 1 aromatic carbocycles. The molecule has 1 N–H and O–H groups in total. The summed E-state index contributed by atoms with van der Waals surface area (Å²) in [6.07, 6.45) is 1.03. The van der Waals surface area contributed by atoms with Crippen LogP contribution in [0.1, 0.15) is 12.0 Å². The maximum atomic E-state index is 12.6. The van der Waals surface area contributed by atoms with Crippen molar-refractivity contribution < 1.29 is 0 Å². The molecule has 8 nitrogen and oxygen atoms in total. The SMILES string of the molecule is Cn1c(=O)c2c(nc(NCCc3ccccc3)n2CCC#N)n(C)c1=O. The standard InChI is InChI=1S/C18H20N6O2/c1-22-15-14(16(25)23(2)18(22)26)24(12-6-10-19)17(21-15)20-11-9-13-7-4-3-5-8-13/h3-5,7-8H,6,9,11-12H2,1-2H3,(H,20,21). The van der Waals surface area contributed by atoms with Crippen LogP contribution in [0.2, 0.25) is 0 Å². The van der Waals surface area contributed by atoms with Gasteiger partial charge in [-0.2, -0.15) is 10.2 Å². The third-order valence-electron chi connectivity index (χ3n) is 4.33. The van der Waals surface area contributed by atoms with Crippen molar-refractivity contribution in [1.82, 2.24) is 18.7 Å². The van der Waals surface area contributed by atoms with Crippen LogP contribution in [0.3, 0.4) is 0 Å². The van der Waals surface area contributed by atoms with E-state index in [0.717, 1.165) is 11.0 Å². The lowest BCUT2D eigenvalue weighted by Gasteiger charge is -2.09. The first-order valence-electron chi connectivity index (χ1n) is 8.35. The Labute approximate surface area is 149 Å². The monoisotopic (exact) mass is 352 g/mol. The molecule has 0 saturated carbocycles. The van der Waals surface area contributed by atoms with Crippen LogP contribution in [-0.2, 0) is 27.1 Å². The number of rotatable bonds is 6. The molecule has 26 heavy (non-hydrogen) atoms. The second kappa shape index (κ2) is 7.27. The maximum Gasteiger partial charge on any atom is 0.332 e. The van der Waals surface area contributed by atoms with E-state index in [0.29, 0.717) is 30.2 Å². The minimum atomic E-state index is -0.428. The van der Waals surface area contributed by atoms with Crippen molar-refractivity contribution in [3.05, 3.63) is 56.7 Å². The summed E-state index contributed by atoms with van der Waals surface area (Å²) in [7, 11) is 3.02. The minimum Gasteiger partial charge on any atom is -0.355 e. The molecule has 0 saturated heterocycles. The number of hydrogen-bond acceptors (Lipinski definition) is 5. The van der Waals surface area contributed by atoms with E-state index >= 15 is 0 Å². The summed E-state index contributed by atoms with van der Waals surface area (Å²) in [6, 6.07) is 12.1. The van der Waals surface area contributed by atoms with Gasteiger partial charge in [0, 0.05) is 27.2 Å². The smallest absolute Gasteiger partial charge is 0.332 e. The maximum absolute atomic E-state index is 12.6. The lowest BCUT2D eigenvalue weighted by atomic mass is 10.1. The Balaban J connectivity index is 2.00. The van der Waals surface area contributed by atoms with Crippen molar-refractivity contribution in [2.24, 2.45) is 14.1 Å². The average molecular weight is 352 g/mol. The molecule has 0 fully saturated rings. The van der Waals surface area contributed by atoms with Gasteiger partial charge in [-0.15, -0.1) is 0 Å². The molecule has 0 amide bonds. The Bertz CT molecular complexity index is 1090. The second-order valence-corrected chi connectivity index (χ2v) is 6.04. The molecule has 8 heteroatoms. The Morgan fingerprint density at radius 1 is 1.15 bits per heavy atom. The third kappa shape index (κ3) is 3.11. The number of anilines is 1. The van der Waals surface area contributed by atoms with Gasteiger partial charge in [0.05, 0.1) is 12.5 Å². The number of nitrogens with zero attached hydrogens (tertiary/aromatic N) is 5. The summed E-state index contributed by atoms with van der Waals surface area (Å²) < 4.78 is 4.09. The van der Waals surface area contributed by atoms with E-state index in [2.05, 4.69) is 16.4 Å². The number of nitrogens with one attached hydrogen (secondary N) is 1.